The summed E-state index contributed by atoms with van der Waals surface area (Å²) < 4.78 is 11.1. The van der Waals surface area contributed by atoms with Crippen LogP contribution in [0.25, 0.3) is 0 Å². The zero-order valence-corrected chi connectivity index (χ0v) is 16.0. The summed E-state index contributed by atoms with van der Waals surface area (Å²) in [5.41, 5.74) is 1.63. The van der Waals surface area contributed by atoms with Gasteiger partial charge in [0.25, 0.3) is 5.91 Å². The largest absolute Gasteiger partial charge is 0.484 e. The summed E-state index contributed by atoms with van der Waals surface area (Å²) >= 11 is 0. The first-order chi connectivity index (χ1) is 14.2. The lowest BCUT2D eigenvalue weighted by Gasteiger charge is -2.22. The molecule has 4 rings (SSSR count). The second-order valence-electron chi connectivity index (χ2n) is 6.83. The fourth-order valence-corrected chi connectivity index (χ4v) is 3.36. The Balaban J connectivity index is 1.41. The van der Waals surface area contributed by atoms with Gasteiger partial charge in [0.2, 0.25) is 5.91 Å². The van der Waals surface area contributed by atoms with Gasteiger partial charge in [0.1, 0.15) is 11.5 Å². The van der Waals surface area contributed by atoms with E-state index in [-0.39, 0.29) is 18.4 Å². The van der Waals surface area contributed by atoms with Gasteiger partial charge in [-0.05, 0) is 55.0 Å². The maximum Gasteiger partial charge on any atom is 0.265 e. The van der Waals surface area contributed by atoms with E-state index in [0.717, 1.165) is 24.3 Å². The predicted octanol–water partition coefficient (Wildman–Crippen LogP) is 4.02. The fourth-order valence-electron chi connectivity index (χ4n) is 3.36. The highest BCUT2D eigenvalue weighted by molar-refractivity contribution is 5.95. The fraction of sp³-hybridized carbons (Fsp3) is 0.217. The molecule has 6 nitrogen and oxygen atoms in total. The number of rotatable bonds is 7. The van der Waals surface area contributed by atoms with Crippen molar-refractivity contribution in [2.75, 3.05) is 23.0 Å². The monoisotopic (exact) mass is 390 g/mol. The van der Waals surface area contributed by atoms with Crippen LogP contribution >= 0.6 is 0 Å². The number of para-hydroxylation sites is 1. The Hall–Kier alpha value is -3.54. The topological polar surface area (TPSA) is 63.0 Å². The molecular weight excluding hydrogens is 368 g/mol. The van der Waals surface area contributed by atoms with Crippen molar-refractivity contribution in [2.45, 2.75) is 19.4 Å². The first-order valence-electron chi connectivity index (χ1n) is 9.62. The molecule has 0 atom stereocenters. The third kappa shape index (κ3) is 4.48. The number of benzene rings is 2. The molecule has 0 N–H and O–H groups in total. The molecule has 0 bridgehead atoms. The maximum atomic E-state index is 12.9. The Labute approximate surface area is 169 Å². The summed E-state index contributed by atoms with van der Waals surface area (Å²) in [5.74, 6) is 1.25. The molecule has 0 saturated carbocycles. The lowest BCUT2D eigenvalue weighted by molar-refractivity contribution is -0.120. The summed E-state index contributed by atoms with van der Waals surface area (Å²) in [6.07, 6.45) is 3.07. The molecule has 3 aromatic rings. The van der Waals surface area contributed by atoms with E-state index in [0.29, 0.717) is 24.5 Å². The summed E-state index contributed by atoms with van der Waals surface area (Å²) in [6, 6.07) is 20.3. The minimum Gasteiger partial charge on any atom is -0.484 e. The quantitative estimate of drug-likeness (QED) is 0.611. The van der Waals surface area contributed by atoms with Gasteiger partial charge in [0.05, 0.1) is 12.8 Å². The van der Waals surface area contributed by atoms with Crippen LogP contribution in [0, 0.1) is 0 Å². The van der Waals surface area contributed by atoms with Gasteiger partial charge in [-0.1, -0.05) is 18.2 Å². The molecule has 29 heavy (non-hydrogen) atoms. The number of nitrogens with zero attached hydrogens (tertiary/aromatic N) is 2. The van der Waals surface area contributed by atoms with Gasteiger partial charge in [-0.3, -0.25) is 9.59 Å². The van der Waals surface area contributed by atoms with E-state index in [1.807, 2.05) is 48.5 Å². The second kappa shape index (κ2) is 8.65. The molecular formula is C23H22N2O4. The third-order valence-electron chi connectivity index (χ3n) is 4.85. The van der Waals surface area contributed by atoms with Crippen LogP contribution in [0.2, 0.25) is 0 Å². The van der Waals surface area contributed by atoms with Gasteiger partial charge in [-0.2, -0.15) is 0 Å². The van der Waals surface area contributed by atoms with Gasteiger partial charge in [0.15, 0.2) is 6.61 Å². The number of furan rings is 1. The number of ether oxygens (including phenoxy) is 1. The molecule has 148 valence electrons. The highest BCUT2D eigenvalue weighted by Crippen LogP contribution is 2.24. The number of amides is 2. The van der Waals surface area contributed by atoms with Crippen molar-refractivity contribution >= 4 is 23.2 Å². The van der Waals surface area contributed by atoms with Crippen molar-refractivity contribution < 1.29 is 18.7 Å². The van der Waals surface area contributed by atoms with Crippen molar-refractivity contribution in [3.05, 3.63) is 78.8 Å². The molecule has 1 aliphatic rings. The molecule has 2 amide bonds. The minimum absolute atomic E-state index is 0.0996. The van der Waals surface area contributed by atoms with Crippen LogP contribution in [0.3, 0.4) is 0 Å². The molecule has 0 radical (unpaired) electrons. The summed E-state index contributed by atoms with van der Waals surface area (Å²) in [7, 11) is 0. The number of carbonyl (C=O) groups excluding carboxylic acids is 2. The Kier molecular flexibility index (Phi) is 5.61. The van der Waals surface area contributed by atoms with Crippen molar-refractivity contribution in [3.63, 3.8) is 0 Å². The SMILES string of the molecule is O=C1CCCN1c1ccc(OCC(=O)N(Cc2ccco2)c2ccccc2)cc1. The molecule has 2 heterocycles. The molecule has 6 heteroatoms. The number of carbonyl (C=O) groups is 2. The van der Waals surface area contributed by atoms with E-state index in [1.54, 1.807) is 34.3 Å². The first kappa shape index (κ1) is 18.8. The Morgan fingerprint density at radius 3 is 2.48 bits per heavy atom. The highest BCUT2D eigenvalue weighted by atomic mass is 16.5. The van der Waals surface area contributed by atoms with Gasteiger partial charge in [-0.25, -0.2) is 0 Å². The zero-order valence-electron chi connectivity index (χ0n) is 16.0. The van der Waals surface area contributed by atoms with Crippen molar-refractivity contribution in [3.8, 4) is 5.75 Å². The lowest BCUT2D eigenvalue weighted by atomic mass is 10.2. The van der Waals surface area contributed by atoms with Gasteiger partial charge >= 0.3 is 0 Å². The van der Waals surface area contributed by atoms with Crippen LogP contribution < -0.4 is 14.5 Å². The van der Waals surface area contributed by atoms with E-state index in [4.69, 9.17) is 9.15 Å². The lowest BCUT2D eigenvalue weighted by Crippen LogP contribution is -2.34. The van der Waals surface area contributed by atoms with Crippen molar-refractivity contribution in [1.82, 2.24) is 0 Å². The molecule has 0 aliphatic carbocycles. The minimum atomic E-state index is -0.175. The van der Waals surface area contributed by atoms with Crippen molar-refractivity contribution in [1.29, 1.82) is 0 Å². The smallest absolute Gasteiger partial charge is 0.265 e. The van der Waals surface area contributed by atoms with E-state index < -0.39 is 0 Å². The Morgan fingerprint density at radius 2 is 1.83 bits per heavy atom. The average Bonchev–Trinajstić information content (AvgIpc) is 3.43. The summed E-state index contributed by atoms with van der Waals surface area (Å²) in [6.45, 7) is 0.975. The summed E-state index contributed by atoms with van der Waals surface area (Å²) in [4.78, 5) is 28.1. The molecule has 2 aromatic carbocycles. The highest BCUT2D eigenvalue weighted by Gasteiger charge is 2.22. The van der Waals surface area contributed by atoms with Crippen LogP contribution in [0.15, 0.2) is 77.4 Å². The van der Waals surface area contributed by atoms with Crippen LogP contribution in [-0.2, 0) is 16.1 Å². The second-order valence-corrected chi connectivity index (χ2v) is 6.83. The Bertz CT molecular complexity index is 952. The first-order valence-corrected chi connectivity index (χ1v) is 9.62. The van der Waals surface area contributed by atoms with Crippen LogP contribution in [-0.4, -0.2) is 25.0 Å². The molecule has 0 unspecified atom stereocenters. The van der Waals surface area contributed by atoms with Crippen LogP contribution in [0.1, 0.15) is 18.6 Å². The average molecular weight is 390 g/mol. The molecule has 0 spiro atoms. The summed E-state index contributed by atoms with van der Waals surface area (Å²) in [5, 5.41) is 0. The maximum absolute atomic E-state index is 12.9. The number of hydrogen-bond donors (Lipinski definition) is 0. The molecule has 1 aliphatic heterocycles. The Morgan fingerprint density at radius 1 is 1.03 bits per heavy atom. The van der Waals surface area contributed by atoms with E-state index in [1.165, 1.54) is 0 Å². The van der Waals surface area contributed by atoms with Gasteiger partial charge in [-0.15, -0.1) is 0 Å². The van der Waals surface area contributed by atoms with Gasteiger partial charge in [0, 0.05) is 24.3 Å². The predicted molar refractivity (Wildman–Crippen MR) is 110 cm³/mol. The normalized spacial score (nSPS) is 13.5. The van der Waals surface area contributed by atoms with E-state index in [2.05, 4.69) is 0 Å². The molecule has 1 aromatic heterocycles. The number of hydrogen-bond acceptors (Lipinski definition) is 4. The molecule has 1 fully saturated rings. The number of anilines is 2. The van der Waals surface area contributed by atoms with E-state index in [9.17, 15) is 9.59 Å². The standard InChI is InChI=1S/C23H22N2O4/c26-22-9-4-14-24(22)19-10-12-20(13-11-19)29-17-23(27)25(16-21-8-5-15-28-21)18-6-2-1-3-7-18/h1-3,5-8,10-13,15H,4,9,14,16-17H2. The van der Waals surface area contributed by atoms with Crippen LogP contribution in [0.4, 0.5) is 11.4 Å². The zero-order chi connectivity index (χ0) is 20.1. The van der Waals surface area contributed by atoms with E-state index >= 15 is 0 Å². The molecule has 1 saturated heterocycles. The van der Waals surface area contributed by atoms with Crippen molar-refractivity contribution in [2.24, 2.45) is 0 Å². The van der Waals surface area contributed by atoms with Gasteiger partial charge < -0.3 is 19.0 Å². The van der Waals surface area contributed by atoms with Crippen LogP contribution in [0.5, 0.6) is 5.75 Å². The third-order valence-corrected chi connectivity index (χ3v) is 4.85.